The Morgan fingerprint density at radius 2 is 1.96 bits per heavy atom. The molecule has 9 nitrogen and oxygen atoms in total. The fraction of sp³-hybridized carbons (Fsp3) is 0.611. The minimum Gasteiger partial charge on any atom is -0.385 e. The Bertz CT molecular complexity index is 975. The third-order valence-corrected chi connectivity index (χ3v) is 6.95. The van der Waals surface area contributed by atoms with Crippen molar-refractivity contribution in [1.29, 1.82) is 0 Å². The van der Waals surface area contributed by atoms with Crippen molar-refractivity contribution in [2.75, 3.05) is 19.7 Å². The topological polar surface area (TPSA) is 106 Å². The molecular weight excluding hydrogens is 382 g/mol. The summed E-state index contributed by atoms with van der Waals surface area (Å²) in [6, 6.07) is 4.90. The van der Waals surface area contributed by atoms with Gasteiger partial charge in [-0.15, -0.1) is 5.10 Å². The lowest BCUT2D eigenvalue weighted by Crippen LogP contribution is -2.42. The fourth-order valence-corrected chi connectivity index (χ4v) is 5.40. The molecule has 1 amide bonds. The number of nitrogens with one attached hydrogen (secondary N) is 1. The summed E-state index contributed by atoms with van der Waals surface area (Å²) in [7, 11) is -3.62. The summed E-state index contributed by atoms with van der Waals surface area (Å²) in [5, 5.41) is 10.7. The van der Waals surface area contributed by atoms with Crippen LogP contribution in [0.2, 0.25) is 0 Å². The molecule has 1 saturated carbocycles. The molecule has 152 valence electrons. The number of piperidine rings is 1. The monoisotopic (exact) mass is 407 g/mol. The first-order valence-corrected chi connectivity index (χ1v) is 11.0. The second-order valence-electron chi connectivity index (χ2n) is 8.00. The van der Waals surface area contributed by atoms with Crippen molar-refractivity contribution in [1.82, 2.24) is 24.8 Å². The Balaban J connectivity index is 1.55. The Morgan fingerprint density at radius 1 is 1.25 bits per heavy atom. The van der Waals surface area contributed by atoms with Crippen LogP contribution in [0.5, 0.6) is 0 Å². The fourth-order valence-electron chi connectivity index (χ4n) is 3.70. The quantitative estimate of drug-likeness (QED) is 0.759. The largest absolute Gasteiger partial charge is 0.385 e. The van der Waals surface area contributed by atoms with Crippen LogP contribution in [-0.4, -0.2) is 59.5 Å². The molecule has 4 rings (SSSR count). The molecule has 1 aliphatic carbocycles. The number of carbonyl (C=O) groups is 1. The summed E-state index contributed by atoms with van der Waals surface area (Å²) in [6.07, 6.45) is 3.01. The Kier molecular flexibility index (Phi) is 5.00. The zero-order chi connectivity index (χ0) is 19.9. The van der Waals surface area contributed by atoms with Gasteiger partial charge in [0, 0.05) is 19.1 Å². The average Bonchev–Trinajstić information content (AvgIpc) is 3.36. The second-order valence-corrected chi connectivity index (χ2v) is 9.93. The zero-order valence-corrected chi connectivity index (χ0v) is 16.9. The zero-order valence-electron chi connectivity index (χ0n) is 16.0. The first-order valence-electron chi connectivity index (χ1n) is 9.61. The molecule has 2 heterocycles. The molecule has 1 N–H and O–H groups in total. The summed E-state index contributed by atoms with van der Waals surface area (Å²) in [5.41, 5.74) is 0.917. The van der Waals surface area contributed by atoms with E-state index in [2.05, 4.69) is 29.5 Å². The highest BCUT2D eigenvalue weighted by molar-refractivity contribution is 7.89. The normalized spacial score (nSPS) is 23.6. The van der Waals surface area contributed by atoms with Crippen LogP contribution < -0.4 is 10.2 Å². The van der Waals surface area contributed by atoms with E-state index in [1.165, 1.54) is 6.07 Å². The van der Waals surface area contributed by atoms with E-state index in [4.69, 9.17) is 4.84 Å². The maximum Gasteiger partial charge on any atom is 0.260 e. The van der Waals surface area contributed by atoms with Crippen molar-refractivity contribution in [3.05, 3.63) is 18.2 Å². The van der Waals surface area contributed by atoms with Crippen molar-refractivity contribution in [3.63, 3.8) is 0 Å². The van der Waals surface area contributed by atoms with Gasteiger partial charge in [-0.3, -0.25) is 4.79 Å². The number of amides is 1. The SMILES string of the molecule is C[C@@H]1C[C@H](C)CN(S(=O)(=O)c2ccc3nnn(OCC(=O)NC4CC4)c3c2)C1. The smallest absolute Gasteiger partial charge is 0.260 e. The lowest BCUT2D eigenvalue weighted by atomic mass is 9.94. The van der Waals surface area contributed by atoms with Gasteiger partial charge in [0.15, 0.2) is 6.61 Å². The van der Waals surface area contributed by atoms with Crippen LogP contribution in [0.1, 0.15) is 33.1 Å². The lowest BCUT2D eigenvalue weighted by Gasteiger charge is -2.34. The summed E-state index contributed by atoms with van der Waals surface area (Å²) < 4.78 is 27.8. The molecule has 2 aliphatic rings. The maximum atomic E-state index is 13.1. The molecule has 1 aromatic heterocycles. The predicted octanol–water partition coefficient (Wildman–Crippen LogP) is 0.805. The molecule has 0 spiro atoms. The highest BCUT2D eigenvalue weighted by atomic mass is 32.2. The van der Waals surface area contributed by atoms with Crippen LogP contribution in [0.25, 0.3) is 11.0 Å². The van der Waals surface area contributed by atoms with Crippen LogP contribution in [0.15, 0.2) is 23.1 Å². The van der Waals surface area contributed by atoms with Crippen molar-refractivity contribution in [2.45, 2.75) is 44.0 Å². The van der Waals surface area contributed by atoms with Crippen LogP contribution >= 0.6 is 0 Å². The minimum atomic E-state index is -3.62. The number of hydrogen-bond acceptors (Lipinski definition) is 6. The van der Waals surface area contributed by atoms with Crippen molar-refractivity contribution in [2.24, 2.45) is 11.8 Å². The van der Waals surface area contributed by atoms with Gasteiger partial charge in [0.25, 0.3) is 5.91 Å². The minimum absolute atomic E-state index is 0.177. The van der Waals surface area contributed by atoms with Gasteiger partial charge < -0.3 is 10.2 Å². The second kappa shape index (κ2) is 7.32. The molecule has 0 radical (unpaired) electrons. The van der Waals surface area contributed by atoms with Crippen molar-refractivity contribution < 1.29 is 18.0 Å². The highest BCUT2D eigenvalue weighted by Crippen LogP contribution is 2.27. The molecule has 1 aromatic carbocycles. The first kappa shape index (κ1) is 19.1. The Hall–Kier alpha value is -2.20. The van der Waals surface area contributed by atoms with Gasteiger partial charge >= 0.3 is 0 Å². The molecule has 28 heavy (non-hydrogen) atoms. The number of benzene rings is 1. The van der Waals surface area contributed by atoms with Crippen LogP contribution in [0.4, 0.5) is 0 Å². The Labute approximate surface area is 164 Å². The number of rotatable bonds is 6. The van der Waals surface area contributed by atoms with E-state index in [-0.39, 0.29) is 23.5 Å². The van der Waals surface area contributed by atoms with E-state index in [9.17, 15) is 13.2 Å². The molecule has 2 atom stereocenters. The number of carbonyl (C=O) groups excluding carboxylic acids is 1. The van der Waals surface area contributed by atoms with Gasteiger partial charge in [-0.1, -0.05) is 18.7 Å². The third-order valence-electron chi connectivity index (χ3n) is 5.12. The summed E-state index contributed by atoms with van der Waals surface area (Å²) in [5.74, 6) is 0.414. The summed E-state index contributed by atoms with van der Waals surface area (Å²) in [4.78, 5) is 18.5. The molecule has 2 aromatic rings. The van der Waals surface area contributed by atoms with Gasteiger partial charge in [0.2, 0.25) is 10.0 Å². The van der Waals surface area contributed by atoms with E-state index >= 15 is 0 Å². The number of fused-ring (bicyclic) bond motifs is 1. The molecule has 1 aliphatic heterocycles. The summed E-state index contributed by atoms with van der Waals surface area (Å²) in [6.45, 7) is 4.97. The van der Waals surface area contributed by atoms with Gasteiger partial charge in [0.05, 0.1) is 4.90 Å². The van der Waals surface area contributed by atoms with Crippen molar-refractivity contribution in [3.8, 4) is 0 Å². The van der Waals surface area contributed by atoms with Gasteiger partial charge in [-0.25, -0.2) is 8.42 Å². The van der Waals surface area contributed by atoms with E-state index in [0.717, 1.165) is 24.1 Å². The standard InChI is InChI=1S/C18H25N5O4S/c1-12-7-13(2)10-22(9-12)28(25,26)15-5-6-16-17(8-15)23(21-20-16)27-11-18(24)19-14-3-4-14/h5-6,8,12-14H,3-4,7,9-11H2,1-2H3,(H,19,24)/t12-,13+. The number of hydrogen-bond donors (Lipinski definition) is 1. The number of aromatic nitrogens is 3. The van der Waals surface area contributed by atoms with E-state index in [1.807, 2.05) is 0 Å². The third kappa shape index (κ3) is 3.97. The van der Waals surface area contributed by atoms with E-state index < -0.39 is 10.0 Å². The van der Waals surface area contributed by atoms with E-state index in [0.29, 0.717) is 36.0 Å². The van der Waals surface area contributed by atoms with Crippen LogP contribution in [-0.2, 0) is 14.8 Å². The van der Waals surface area contributed by atoms with Gasteiger partial charge in [0.1, 0.15) is 11.0 Å². The molecule has 1 saturated heterocycles. The van der Waals surface area contributed by atoms with Crippen LogP contribution in [0.3, 0.4) is 0 Å². The molecule has 0 unspecified atom stereocenters. The highest BCUT2D eigenvalue weighted by Gasteiger charge is 2.32. The van der Waals surface area contributed by atoms with E-state index in [1.54, 1.807) is 16.4 Å². The molecule has 10 heteroatoms. The van der Waals surface area contributed by atoms with Crippen molar-refractivity contribution >= 4 is 27.0 Å². The maximum absolute atomic E-state index is 13.1. The number of sulfonamides is 1. The van der Waals surface area contributed by atoms with Gasteiger partial charge in [-0.2, -0.15) is 4.31 Å². The Morgan fingerprint density at radius 3 is 2.64 bits per heavy atom. The predicted molar refractivity (Wildman–Crippen MR) is 102 cm³/mol. The molecule has 0 bridgehead atoms. The number of nitrogens with zero attached hydrogens (tertiary/aromatic N) is 4. The molecular formula is C18H25N5O4S. The first-order chi connectivity index (χ1) is 13.3. The van der Waals surface area contributed by atoms with Crippen LogP contribution in [0, 0.1) is 11.8 Å². The summed E-state index contributed by atoms with van der Waals surface area (Å²) >= 11 is 0. The molecule has 2 fully saturated rings. The lowest BCUT2D eigenvalue weighted by molar-refractivity contribution is -0.126. The average molecular weight is 407 g/mol. The van der Waals surface area contributed by atoms with Gasteiger partial charge in [-0.05, 0) is 54.5 Å².